The molecule has 9 nitrogen and oxygen atoms in total. The van der Waals surface area contributed by atoms with Gasteiger partial charge in [0.1, 0.15) is 25.0 Å². The second-order valence-electron chi connectivity index (χ2n) is 5.32. The first kappa shape index (κ1) is 16.9. The van der Waals surface area contributed by atoms with Crippen LogP contribution in [0.3, 0.4) is 0 Å². The van der Waals surface area contributed by atoms with Crippen LogP contribution in [0.25, 0.3) is 0 Å². The number of esters is 2. The van der Waals surface area contributed by atoms with Crippen molar-refractivity contribution in [3.63, 3.8) is 0 Å². The molecule has 2 heterocycles. The number of nitrogens with one attached hydrogen (secondary N) is 1. The molecule has 126 valence electrons. The van der Waals surface area contributed by atoms with E-state index in [0.29, 0.717) is 0 Å². The summed E-state index contributed by atoms with van der Waals surface area (Å²) in [6.07, 6.45) is -0.844. The number of carbonyl (C=O) groups is 2. The van der Waals surface area contributed by atoms with Gasteiger partial charge in [0.15, 0.2) is 0 Å². The van der Waals surface area contributed by atoms with E-state index in [1.807, 2.05) is 0 Å². The highest BCUT2D eigenvalue weighted by atomic mass is 16.6. The van der Waals surface area contributed by atoms with Gasteiger partial charge in [-0.05, 0) is 0 Å². The Balaban J connectivity index is 2.27. The number of hydrogen-bond acceptors (Lipinski definition) is 7. The van der Waals surface area contributed by atoms with Crippen LogP contribution < -0.4 is 11.2 Å². The fourth-order valence-electron chi connectivity index (χ4n) is 2.54. The maximum atomic E-state index is 11.9. The highest BCUT2D eigenvalue weighted by Crippen LogP contribution is 2.35. The Morgan fingerprint density at radius 3 is 2.57 bits per heavy atom. The van der Waals surface area contributed by atoms with Crippen molar-refractivity contribution in [2.75, 3.05) is 6.61 Å². The van der Waals surface area contributed by atoms with Gasteiger partial charge in [-0.3, -0.25) is 23.9 Å². The number of aromatic amines is 1. The van der Waals surface area contributed by atoms with Crippen LogP contribution in [-0.2, 0) is 23.8 Å². The van der Waals surface area contributed by atoms with E-state index in [9.17, 15) is 19.2 Å². The Hall–Kier alpha value is -2.42. The van der Waals surface area contributed by atoms with Gasteiger partial charge in [0.2, 0.25) is 0 Å². The fourth-order valence-corrected chi connectivity index (χ4v) is 2.54. The topological polar surface area (TPSA) is 117 Å². The van der Waals surface area contributed by atoms with Crippen molar-refractivity contribution in [2.45, 2.75) is 39.2 Å². The number of hydrogen-bond donors (Lipinski definition) is 1. The molecular weight excluding hydrogens is 308 g/mol. The molecule has 2 rings (SSSR count). The van der Waals surface area contributed by atoms with Crippen molar-refractivity contribution in [1.82, 2.24) is 9.55 Å². The van der Waals surface area contributed by atoms with E-state index in [1.165, 1.54) is 30.7 Å². The third kappa shape index (κ3) is 3.86. The second-order valence-corrected chi connectivity index (χ2v) is 5.32. The number of aromatic nitrogens is 2. The molecule has 1 aromatic heterocycles. The largest absolute Gasteiger partial charge is 0.463 e. The van der Waals surface area contributed by atoms with Crippen LogP contribution in [0.4, 0.5) is 0 Å². The Kier molecular flexibility index (Phi) is 4.99. The molecule has 9 heteroatoms. The number of carbonyl (C=O) groups excluding carboxylic acids is 2. The first-order valence-electron chi connectivity index (χ1n) is 7.07. The van der Waals surface area contributed by atoms with Gasteiger partial charge in [-0.15, -0.1) is 0 Å². The van der Waals surface area contributed by atoms with Gasteiger partial charge < -0.3 is 14.2 Å². The summed E-state index contributed by atoms with van der Waals surface area (Å²) in [7, 11) is 0. The Morgan fingerprint density at radius 2 is 2.00 bits per heavy atom. The molecule has 0 radical (unpaired) electrons. The van der Waals surface area contributed by atoms with Crippen LogP contribution >= 0.6 is 0 Å². The van der Waals surface area contributed by atoms with E-state index in [1.54, 1.807) is 6.92 Å². The van der Waals surface area contributed by atoms with Crippen molar-refractivity contribution in [2.24, 2.45) is 5.92 Å². The highest BCUT2D eigenvalue weighted by molar-refractivity contribution is 5.66. The molecule has 0 saturated carbocycles. The van der Waals surface area contributed by atoms with Gasteiger partial charge in [0.25, 0.3) is 5.56 Å². The van der Waals surface area contributed by atoms with Crippen LogP contribution in [0.15, 0.2) is 21.9 Å². The van der Waals surface area contributed by atoms with Crippen LogP contribution in [-0.4, -0.2) is 40.3 Å². The van der Waals surface area contributed by atoms with E-state index in [-0.39, 0.29) is 12.5 Å². The summed E-state index contributed by atoms with van der Waals surface area (Å²) < 4.78 is 17.1. The Morgan fingerprint density at radius 1 is 1.30 bits per heavy atom. The Labute approximate surface area is 131 Å². The lowest BCUT2D eigenvalue weighted by atomic mass is 10.0. The van der Waals surface area contributed by atoms with Gasteiger partial charge in [-0.25, -0.2) is 4.79 Å². The van der Waals surface area contributed by atoms with Gasteiger partial charge in [0, 0.05) is 32.0 Å². The second kappa shape index (κ2) is 6.78. The minimum atomic E-state index is -0.760. The lowest BCUT2D eigenvalue weighted by Gasteiger charge is -2.20. The zero-order chi connectivity index (χ0) is 17.1. The minimum absolute atomic E-state index is 0.105. The summed E-state index contributed by atoms with van der Waals surface area (Å²) >= 11 is 0. The molecule has 0 aliphatic carbocycles. The monoisotopic (exact) mass is 326 g/mol. The molecule has 1 saturated heterocycles. The van der Waals surface area contributed by atoms with Crippen molar-refractivity contribution < 1.29 is 23.8 Å². The van der Waals surface area contributed by atoms with E-state index in [0.717, 1.165) is 0 Å². The predicted molar refractivity (Wildman–Crippen MR) is 76.6 cm³/mol. The van der Waals surface area contributed by atoms with E-state index in [4.69, 9.17) is 14.2 Å². The molecule has 23 heavy (non-hydrogen) atoms. The summed E-state index contributed by atoms with van der Waals surface area (Å²) in [6.45, 7) is 4.15. The van der Waals surface area contributed by atoms with E-state index >= 15 is 0 Å². The SMILES string of the molecule is CC(=O)OCC1OC(n2ccc(=O)[nH]c2=O)C(C)C1OC(C)=O. The molecule has 1 fully saturated rings. The van der Waals surface area contributed by atoms with Crippen molar-refractivity contribution in [3.8, 4) is 0 Å². The normalized spacial score (nSPS) is 26.7. The average molecular weight is 326 g/mol. The first-order chi connectivity index (χ1) is 10.8. The van der Waals surface area contributed by atoms with Crippen molar-refractivity contribution >= 4 is 11.9 Å². The van der Waals surface area contributed by atoms with Gasteiger partial charge in [-0.2, -0.15) is 0 Å². The molecule has 1 N–H and O–H groups in total. The number of H-pyrrole nitrogens is 1. The van der Waals surface area contributed by atoms with Gasteiger partial charge in [-0.1, -0.05) is 6.92 Å². The number of rotatable bonds is 4. The van der Waals surface area contributed by atoms with Gasteiger partial charge in [0.05, 0.1) is 0 Å². The standard InChI is InChI=1S/C14H18N2O7/c1-7-12(22-9(3)18)10(6-21-8(2)17)23-13(7)16-5-4-11(19)15-14(16)20/h4-5,7,10,12-13H,6H2,1-3H3,(H,15,19,20). The summed E-state index contributed by atoms with van der Waals surface area (Å²) in [5.74, 6) is -1.39. The number of ether oxygens (including phenoxy) is 3. The first-order valence-corrected chi connectivity index (χ1v) is 7.07. The molecular formula is C14H18N2O7. The van der Waals surface area contributed by atoms with Gasteiger partial charge >= 0.3 is 17.6 Å². The van der Waals surface area contributed by atoms with Crippen LogP contribution in [0.5, 0.6) is 0 Å². The minimum Gasteiger partial charge on any atom is -0.463 e. The summed E-state index contributed by atoms with van der Waals surface area (Å²) in [4.78, 5) is 47.5. The molecule has 1 aliphatic rings. The predicted octanol–water partition coefficient (Wildman–Crippen LogP) is -0.435. The summed E-state index contributed by atoms with van der Waals surface area (Å²) in [6, 6.07) is 1.19. The average Bonchev–Trinajstić information content (AvgIpc) is 2.73. The van der Waals surface area contributed by atoms with Crippen LogP contribution in [0.2, 0.25) is 0 Å². The lowest BCUT2D eigenvalue weighted by molar-refractivity contribution is -0.156. The fraction of sp³-hybridized carbons (Fsp3) is 0.571. The van der Waals surface area contributed by atoms with E-state index in [2.05, 4.69) is 4.98 Å². The molecule has 4 unspecified atom stereocenters. The molecule has 1 aliphatic heterocycles. The van der Waals surface area contributed by atoms with E-state index < -0.39 is 41.6 Å². The van der Waals surface area contributed by atoms with Crippen LogP contribution in [0, 0.1) is 5.92 Å². The van der Waals surface area contributed by atoms with Crippen molar-refractivity contribution in [3.05, 3.63) is 33.1 Å². The molecule has 0 amide bonds. The smallest absolute Gasteiger partial charge is 0.330 e. The third-order valence-electron chi connectivity index (χ3n) is 3.53. The molecule has 4 atom stereocenters. The quantitative estimate of drug-likeness (QED) is 0.746. The maximum absolute atomic E-state index is 11.9. The Bertz CT molecular complexity index is 708. The molecule has 0 aromatic carbocycles. The molecule has 0 bridgehead atoms. The summed E-state index contributed by atoms with van der Waals surface area (Å²) in [5.41, 5.74) is -1.16. The highest BCUT2D eigenvalue weighted by Gasteiger charge is 2.45. The van der Waals surface area contributed by atoms with Crippen LogP contribution in [0.1, 0.15) is 27.0 Å². The van der Waals surface area contributed by atoms with Crippen molar-refractivity contribution in [1.29, 1.82) is 0 Å². The molecule has 0 spiro atoms. The number of nitrogens with zero attached hydrogens (tertiary/aromatic N) is 1. The summed E-state index contributed by atoms with van der Waals surface area (Å²) in [5, 5.41) is 0. The zero-order valence-electron chi connectivity index (χ0n) is 13.0. The maximum Gasteiger partial charge on any atom is 0.330 e. The lowest BCUT2D eigenvalue weighted by Crippen LogP contribution is -2.35. The molecule has 1 aromatic rings. The third-order valence-corrected chi connectivity index (χ3v) is 3.53. The zero-order valence-corrected chi connectivity index (χ0v) is 13.0.